The number of nitrogens with one attached hydrogen (secondary N) is 2. The van der Waals surface area contributed by atoms with E-state index in [1.54, 1.807) is 12.3 Å². The van der Waals surface area contributed by atoms with Crippen LogP contribution in [0.3, 0.4) is 0 Å². The van der Waals surface area contributed by atoms with Crippen LogP contribution in [0, 0.1) is 12.8 Å². The molecule has 0 saturated carbocycles. The van der Waals surface area contributed by atoms with Crippen LogP contribution in [0.15, 0.2) is 36.5 Å². The van der Waals surface area contributed by atoms with Crippen molar-refractivity contribution in [3.63, 3.8) is 0 Å². The van der Waals surface area contributed by atoms with Crippen LogP contribution >= 0.6 is 0 Å². The van der Waals surface area contributed by atoms with Crippen molar-refractivity contribution in [1.82, 2.24) is 10.3 Å². The second kappa shape index (κ2) is 7.77. The van der Waals surface area contributed by atoms with E-state index in [0.29, 0.717) is 17.8 Å². The zero-order valence-corrected chi connectivity index (χ0v) is 14.0. The molecule has 0 aliphatic rings. The molecule has 0 atom stereocenters. The molecule has 122 valence electrons. The summed E-state index contributed by atoms with van der Waals surface area (Å²) >= 11 is 0. The molecular formula is C19H24N2O2. The Hall–Kier alpha value is -2.36. The van der Waals surface area contributed by atoms with E-state index in [4.69, 9.17) is 0 Å². The molecule has 0 fully saturated rings. The summed E-state index contributed by atoms with van der Waals surface area (Å²) in [6.45, 7) is 6.51. The van der Waals surface area contributed by atoms with Crippen LogP contribution < -0.4 is 5.32 Å². The molecule has 0 unspecified atom stereocenters. The van der Waals surface area contributed by atoms with Crippen LogP contribution in [0.25, 0.3) is 0 Å². The van der Waals surface area contributed by atoms with Gasteiger partial charge in [0.2, 0.25) is 0 Å². The molecular weight excluding hydrogens is 288 g/mol. The number of rotatable bonds is 7. The summed E-state index contributed by atoms with van der Waals surface area (Å²) in [7, 11) is 0. The Labute approximate surface area is 137 Å². The lowest BCUT2D eigenvalue weighted by Crippen LogP contribution is -2.23. The number of hydrogen-bond acceptors (Lipinski definition) is 2. The number of amides is 1. The summed E-state index contributed by atoms with van der Waals surface area (Å²) in [5.74, 6) is -0.0766. The average Bonchev–Trinajstić information content (AvgIpc) is 3.05. The second-order valence-corrected chi connectivity index (χ2v) is 5.85. The van der Waals surface area contributed by atoms with Crippen molar-refractivity contribution in [1.29, 1.82) is 0 Å². The number of aryl methyl sites for hydroxylation is 1. The minimum Gasteiger partial charge on any atom is -0.356 e. The third-order valence-electron chi connectivity index (χ3n) is 4.14. The monoisotopic (exact) mass is 312 g/mol. The Morgan fingerprint density at radius 1 is 1.13 bits per heavy atom. The standard InChI is InChI=1S/C19H24N2O2/c1-4-15(5-2)18(22)16-10-17(20-12-16)19(23)21-11-14-8-6-13(3)7-9-14/h6-10,12,15,20H,4-5,11H2,1-3H3,(H,21,23). The van der Waals surface area contributed by atoms with Crippen LogP contribution in [0.4, 0.5) is 0 Å². The number of ketones is 1. The van der Waals surface area contributed by atoms with Gasteiger partial charge in [-0.3, -0.25) is 9.59 Å². The maximum Gasteiger partial charge on any atom is 0.267 e. The van der Waals surface area contributed by atoms with Crippen molar-refractivity contribution in [3.8, 4) is 0 Å². The van der Waals surface area contributed by atoms with Crippen molar-refractivity contribution < 1.29 is 9.59 Å². The molecule has 0 bridgehead atoms. The highest BCUT2D eigenvalue weighted by Crippen LogP contribution is 2.16. The number of Topliss-reactive ketones (excluding diaryl/α,β-unsaturated/α-hetero) is 1. The van der Waals surface area contributed by atoms with Gasteiger partial charge >= 0.3 is 0 Å². The molecule has 1 aromatic carbocycles. The van der Waals surface area contributed by atoms with E-state index >= 15 is 0 Å². The molecule has 0 spiro atoms. The zero-order valence-electron chi connectivity index (χ0n) is 14.0. The first-order valence-electron chi connectivity index (χ1n) is 8.11. The van der Waals surface area contributed by atoms with Crippen molar-refractivity contribution in [2.75, 3.05) is 0 Å². The fourth-order valence-electron chi connectivity index (χ4n) is 2.55. The Morgan fingerprint density at radius 2 is 1.78 bits per heavy atom. The highest BCUT2D eigenvalue weighted by molar-refractivity contribution is 6.01. The van der Waals surface area contributed by atoms with E-state index in [9.17, 15) is 9.59 Å². The van der Waals surface area contributed by atoms with E-state index in [0.717, 1.165) is 18.4 Å². The van der Waals surface area contributed by atoms with E-state index in [1.807, 2.05) is 45.0 Å². The molecule has 0 aliphatic heterocycles. The van der Waals surface area contributed by atoms with Crippen LogP contribution in [0.5, 0.6) is 0 Å². The number of benzene rings is 1. The lowest BCUT2D eigenvalue weighted by Gasteiger charge is -2.08. The van der Waals surface area contributed by atoms with Gasteiger partial charge in [-0.1, -0.05) is 43.7 Å². The van der Waals surface area contributed by atoms with Gasteiger partial charge < -0.3 is 10.3 Å². The predicted molar refractivity (Wildman–Crippen MR) is 91.5 cm³/mol. The highest BCUT2D eigenvalue weighted by atomic mass is 16.2. The Morgan fingerprint density at radius 3 is 2.39 bits per heavy atom. The number of carbonyl (C=O) groups excluding carboxylic acids is 2. The van der Waals surface area contributed by atoms with Crippen LogP contribution in [-0.2, 0) is 6.54 Å². The van der Waals surface area contributed by atoms with Gasteiger partial charge in [-0.15, -0.1) is 0 Å². The molecule has 1 aromatic heterocycles. The molecule has 2 aromatic rings. The lowest BCUT2D eigenvalue weighted by atomic mass is 9.94. The smallest absolute Gasteiger partial charge is 0.267 e. The fraction of sp³-hybridized carbons (Fsp3) is 0.368. The topological polar surface area (TPSA) is 62.0 Å². The SMILES string of the molecule is CCC(CC)C(=O)c1c[nH]c(C(=O)NCc2ccc(C)cc2)c1. The van der Waals surface area contributed by atoms with Crippen molar-refractivity contribution in [3.05, 3.63) is 58.9 Å². The Balaban J connectivity index is 1.98. The number of aromatic amines is 1. The molecule has 4 heteroatoms. The average molecular weight is 312 g/mol. The first-order chi connectivity index (χ1) is 11.0. The molecule has 4 nitrogen and oxygen atoms in total. The molecule has 2 N–H and O–H groups in total. The summed E-state index contributed by atoms with van der Waals surface area (Å²) in [4.78, 5) is 27.4. The summed E-state index contributed by atoms with van der Waals surface area (Å²) in [6.07, 6.45) is 3.26. The maximum absolute atomic E-state index is 12.3. The summed E-state index contributed by atoms with van der Waals surface area (Å²) in [6, 6.07) is 9.66. The van der Waals surface area contributed by atoms with E-state index < -0.39 is 0 Å². The summed E-state index contributed by atoms with van der Waals surface area (Å²) in [5.41, 5.74) is 3.24. The minimum atomic E-state index is -0.200. The normalized spacial score (nSPS) is 10.8. The lowest BCUT2D eigenvalue weighted by molar-refractivity contribution is 0.0913. The van der Waals surface area contributed by atoms with Crippen LogP contribution in [0.2, 0.25) is 0 Å². The van der Waals surface area contributed by atoms with Gasteiger partial charge in [-0.05, 0) is 31.4 Å². The second-order valence-electron chi connectivity index (χ2n) is 5.85. The minimum absolute atomic E-state index is 0.0225. The molecule has 1 heterocycles. The molecule has 2 rings (SSSR count). The van der Waals surface area contributed by atoms with Gasteiger partial charge in [0.15, 0.2) is 5.78 Å². The van der Waals surface area contributed by atoms with Gasteiger partial charge in [0.25, 0.3) is 5.91 Å². The number of H-pyrrole nitrogens is 1. The fourth-order valence-corrected chi connectivity index (χ4v) is 2.55. The van der Waals surface area contributed by atoms with Gasteiger partial charge in [-0.25, -0.2) is 0 Å². The Kier molecular flexibility index (Phi) is 5.74. The molecule has 1 amide bonds. The predicted octanol–water partition coefficient (Wildman–Crippen LogP) is 3.87. The molecule has 0 radical (unpaired) electrons. The van der Waals surface area contributed by atoms with Crippen molar-refractivity contribution in [2.45, 2.75) is 40.2 Å². The number of aromatic nitrogens is 1. The highest BCUT2D eigenvalue weighted by Gasteiger charge is 2.19. The van der Waals surface area contributed by atoms with E-state index in [-0.39, 0.29) is 17.6 Å². The zero-order chi connectivity index (χ0) is 16.8. The third kappa shape index (κ3) is 4.31. The van der Waals surface area contributed by atoms with Crippen LogP contribution in [-0.4, -0.2) is 16.7 Å². The largest absolute Gasteiger partial charge is 0.356 e. The van der Waals surface area contributed by atoms with E-state index in [1.165, 1.54) is 5.56 Å². The molecule has 23 heavy (non-hydrogen) atoms. The first kappa shape index (κ1) is 17.0. The van der Waals surface area contributed by atoms with Crippen molar-refractivity contribution >= 4 is 11.7 Å². The van der Waals surface area contributed by atoms with Gasteiger partial charge in [0, 0.05) is 24.2 Å². The summed E-state index contributed by atoms with van der Waals surface area (Å²) < 4.78 is 0. The van der Waals surface area contributed by atoms with Crippen molar-refractivity contribution in [2.24, 2.45) is 5.92 Å². The molecule has 0 aliphatic carbocycles. The first-order valence-corrected chi connectivity index (χ1v) is 8.11. The van der Waals surface area contributed by atoms with Crippen LogP contribution in [0.1, 0.15) is 58.7 Å². The quantitative estimate of drug-likeness (QED) is 0.762. The Bertz CT molecular complexity index is 667. The number of hydrogen-bond donors (Lipinski definition) is 2. The van der Waals surface area contributed by atoms with E-state index in [2.05, 4.69) is 10.3 Å². The maximum atomic E-state index is 12.3. The molecule has 0 saturated heterocycles. The van der Waals surface area contributed by atoms with Gasteiger partial charge in [-0.2, -0.15) is 0 Å². The third-order valence-corrected chi connectivity index (χ3v) is 4.14. The van der Waals surface area contributed by atoms with Gasteiger partial charge in [0.05, 0.1) is 0 Å². The van der Waals surface area contributed by atoms with Gasteiger partial charge in [0.1, 0.15) is 5.69 Å². The number of carbonyl (C=O) groups is 2. The summed E-state index contributed by atoms with van der Waals surface area (Å²) in [5, 5.41) is 2.86.